The summed E-state index contributed by atoms with van der Waals surface area (Å²) in [5, 5.41) is 28.0. The van der Waals surface area contributed by atoms with Crippen molar-refractivity contribution >= 4 is 23.2 Å². The van der Waals surface area contributed by atoms with Crippen molar-refractivity contribution in [1.29, 1.82) is 0 Å². The van der Waals surface area contributed by atoms with E-state index >= 15 is 0 Å². The third-order valence-electron chi connectivity index (χ3n) is 7.20. The molecule has 5 rings (SSSR count). The number of hydrogen-bond donors (Lipinski definition) is 3. The topological polar surface area (TPSA) is 110 Å². The minimum atomic E-state index is -0.0955. The summed E-state index contributed by atoms with van der Waals surface area (Å²) in [5.74, 6) is 2.95. The molecule has 0 aliphatic rings. The first-order valence-electron chi connectivity index (χ1n) is 13.7. The molecule has 0 spiro atoms. The summed E-state index contributed by atoms with van der Waals surface area (Å²) in [7, 11) is 3.64. The molecule has 1 unspecified atom stereocenters. The molecule has 41 heavy (non-hydrogen) atoms. The molecule has 5 aromatic rings. The number of aliphatic hydroxyl groups excluding tert-OH is 2. The summed E-state index contributed by atoms with van der Waals surface area (Å²) in [6.45, 7) is 4.71. The van der Waals surface area contributed by atoms with Gasteiger partial charge in [-0.3, -0.25) is 0 Å². The first-order chi connectivity index (χ1) is 20.0. The van der Waals surface area contributed by atoms with E-state index in [1.165, 1.54) is 0 Å². The van der Waals surface area contributed by atoms with E-state index in [2.05, 4.69) is 41.5 Å². The predicted molar refractivity (Wildman–Crippen MR) is 164 cm³/mol. The molecule has 10 heteroatoms. The fraction of sp³-hybridized carbons (Fsp3) is 0.323. The first kappa shape index (κ1) is 28.7. The van der Waals surface area contributed by atoms with Crippen LogP contribution in [0, 0.1) is 6.92 Å². The fourth-order valence-corrected chi connectivity index (χ4v) is 5.82. The van der Waals surface area contributed by atoms with Crippen molar-refractivity contribution in [2.75, 3.05) is 31.4 Å². The maximum Gasteiger partial charge on any atom is 0.165 e. The molecule has 0 amide bonds. The number of thioether (sulfide) groups is 1. The Hall–Kier alpha value is -3.86. The Bertz CT molecular complexity index is 1640. The van der Waals surface area contributed by atoms with E-state index < -0.39 is 0 Å². The van der Waals surface area contributed by atoms with E-state index in [9.17, 15) is 10.2 Å². The molecule has 3 aromatic heterocycles. The van der Waals surface area contributed by atoms with Gasteiger partial charge < -0.3 is 24.8 Å². The highest BCUT2D eigenvalue weighted by Crippen LogP contribution is 2.37. The number of imidazole rings is 1. The van der Waals surface area contributed by atoms with E-state index in [1.54, 1.807) is 25.1 Å². The summed E-state index contributed by atoms with van der Waals surface area (Å²) in [5.41, 5.74) is 6.43. The van der Waals surface area contributed by atoms with Gasteiger partial charge in [-0.15, -0.1) is 11.8 Å². The number of anilines is 1. The van der Waals surface area contributed by atoms with Crippen molar-refractivity contribution in [1.82, 2.24) is 24.1 Å². The van der Waals surface area contributed by atoms with Crippen LogP contribution < -0.4 is 10.1 Å². The van der Waals surface area contributed by atoms with E-state index in [1.807, 2.05) is 53.5 Å². The molecule has 0 saturated heterocycles. The molecule has 0 radical (unpaired) electrons. The van der Waals surface area contributed by atoms with Gasteiger partial charge in [0.2, 0.25) is 0 Å². The Kier molecular flexibility index (Phi) is 8.92. The minimum Gasteiger partial charge on any atom is -0.496 e. The van der Waals surface area contributed by atoms with Crippen LogP contribution in [0.4, 0.5) is 5.82 Å². The number of rotatable bonds is 12. The van der Waals surface area contributed by atoms with Crippen LogP contribution >= 0.6 is 11.8 Å². The summed E-state index contributed by atoms with van der Waals surface area (Å²) >= 11 is 1.55. The van der Waals surface area contributed by atoms with E-state index in [0.717, 1.165) is 68.0 Å². The number of aromatic nitrogens is 5. The van der Waals surface area contributed by atoms with Gasteiger partial charge in [0.25, 0.3) is 0 Å². The molecule has 3 heterocycles. The van der Waals surface area contributed by atoms with E-state index in [0.29, 0.717) is 12.3 Å². The van der Waals surface area contributed by atoms with Gasteiger partial charge in [-0.25, -0.2) is 9.97 Å². The second-order valence-corrected chi connectivity index (χ2v) is 11.0. The normalized spacial score (nSPS) is 12.1. The minimum absolute atomic E-state index is 0.0117. The average Bonchev–Trinajstić information content (AvgIpc) is 3.57. The molecule has 3 N–H and O–H groups in total. The number of nitrogens with zero attached hydrogens (tertiary/aromatic N) is 5. The van der Waals surface area contributed by atoms with Crippen LogP contribution in [0.25, 0.3) is 28.2 Å². The van der Waals surface area contributed by atoms with Crippen LogP contribution in [-0.2, 0) is 13.6 Å². The maximum absolute atomic E-state index is 10.1. The molecule has 0 saturated carbocycles. The Labute approximate surface area is 244 Å². The average molecular weight is 573 g/mol. The number of ether oxygens (including phenoxy) is 1. The van der Waals surface area contributed by atoms with Crippen LogP contribution in [0.1, 0.15) is 36.2 Å². The molecular weight excluding hydrogens is 536 g/mol. The smallest absolute Gasteiger partial charge is 0.165 e. The third kappa shape index (κ3) is 5.95. The SMILES string of the molecule is CCC(CO)c1cc(NCc2cccc(-c3nccn3C)c2)n2nc(C)c(-c3ccc(OC)c(SCCO)c3)c2n1. The highest BCUT2D eigenvalue weighted by Gasteiger charge is 2.21. The van der Waals surface area contributed by atoms with Crippen molar-refractivity contribution in [2.24, 2.45) is 7.05 Å². The Morgan fingerprint density at radius 3 is 2.66 bits per heavy atom. The highest BCUT2D eigenvalue weighted by molar-refractivity contribution is 7.99. The Morgan fingerprint density at radius 1 is 1.10 bits per heavy atom. The van der Waals surface area contributed by atoms with Gasteiger partial charge in [-0.2, -0.15) is 9.61 Å². The molecule has 214 valence electrons. The van der Waals surface area contributed by atoms with Crippen molar-refractivity contribution in [3.8, 4) is 28.3 Å². The number of benzene rings is 2. The van der Waals surface area contributed by atoms with Gasteiger partial charge in [0.15, 0.2) is 5.65 Å². The lowest BCUT2D eigenvalue weighted by Gasteiger charge is -2.16. The molecule has 9 nitrogen and oxygen atoms in total. The molecule has 0 fully saturated rings. The second-order valence-electron chi connectivity index (χ2n) is 9.90. The fourth-order valence-electron chi connectivity index (χ4n) is 5.00. The maximum atomic E-state index is 10.1. The van der Waals surface area contributed by atoms with Gasteiger partial charge in [-0.1, -0.05) is 31.2 Å². The molecule has 0 aliphatic carbocycles. The van der Waals surface area contributed by atoms with Gasteiger partial charge >= 0.3 is 0 Å². The lowest BCUT2D eigenvalue weighted by molar-refractivity contribution is 0.260. The van der Waals surface area contributed by atoms with Gasteiger partial charge in [-0.05, 0) is 42.7 Å². The lowest BCUT2D eigenvalue weighted by Crippen LogP contribution is -2.11. The van der Waals surface area contributed by atoms with Crippen molar-refractivity contribution < 1.29 is 14.9 Å². The first-order valence-corrected chi connectivity index (χ1v) is 14.7. The monoisotopic (exact) mass is 572 g/mol. The van der Waals surface area contributed by atoms with E-state index in [-0.39, 0.29) is 19.1 Å². The zero-order valence-electron chi connectivity index (χ0n) is 23.8. The van der Waals surface area contributed by atoms with Crippen molar-refractivity contribution in [2.45, 2.75) is 37.6 Å². The summed E-state index contributed by atoms with van der Waals surface area (Å²) in [6.07, 6.45) is 4.50. The van der Waals surface area contributed by atoms with E-state index in [4.69, 9.17) is 14.8 Å². The van der Waals surface area contributed by atoms with Crippen molar-refractivity contribution in [3.05, 3.63) is 77.9 Å². The molecule has 0 aliphatic heterocycles. The van der Waals surface area contributed by atoms with Crippen LogP contribution in [0.3, 0.4) is 0 Å². The second kappa shape index (κ2) is 12.8. The zero-order valence-corrected chi connectivity index (χ0v) is 24.6. The predicted octanol–water partition coefficient (Wildman–Crippen LogP) is 5.30. The van der Waals surface area contributed by atoms with Crippen LogP contribution in [-0.4, -0.2) is 60.4 Å². The standard InChI is InChI=1S/C31H36N6O3S/c1-5-22(19-39)25-17-28(33-18-21-7-6-8-24(15-21)30-32-11-12-36(30)3)37-31(34-25)29(20(2)35-37)23-9-10-26(40-4)27(16-23)41-14-13-38/h6-12,15-17,22,33,38-39H,5,13-14,18-19H2,1-4H3. The van der Waals surface area contributed by atoms with Gasteiger partial charge in [0, 0.05) is 54.9 Å². The van der Waals surface area contributed by atoms with Crippen LogP contribution in [0.2, 0.25) is 0 Å². The Morgan fingerprint density at radius 2 is 1.95 bits per heavy atom. The zero-order chi connectivity index (χ0) is 28.9. The van der Waals surface area contributed by atoms with Crippen LogP contribution in [0.5, 0.6) is 5.75 Å². The van der Waals surface area contributed by atoms with Crippen molar-refractivity contribution in [3.63, 3.8) is 0 Å². The summed E-state index contributed by atoms with van der Waals surface area (Å²) in [6, 6.07) is 16.3. The number of fused-ring (bicyclic) bond motifs is 1. The lowest BCUT2D eigenvalue weighted by atomic mass is 10.0. The summed E-state index contributed by atoms with van der Waals surface area (Å²) in [4.78, 5) is 10.5. The number of aryl methyl sites for hydroxylation is 2. The number of nitrogens with one attached hydrogen (secondary N) is 1. The molecule has 2 aromatic carbocycles. The summed E-state index contributed by atoms with van der Waals surface area (Å²) < 4.78 is 9.42. The van der Waals surface area contributed by atoms with Gasteiger partial charge in [0.05, 0.1) is 36.6 Å². The number of methoxy groups -OCH3 is 1. The van der Waals surface area contributed by atoms with Gasteiger partial charge in [0.1, 0.15) is 17.4 Å². The molecule has 0 bridgehead atoms. The number of hydrogen-bond acceptors (Lipinski definition) is 8. The number of aliphatic hydroxyl groups is 2. The largest absolute Gasteiger partial charge is 0.496 e. The molecular formula is C31H36N6O3S. The molecule has 1 atom stereocenters. The quantitative estimate of drug-likeness (QED) is 0.173. The highest BCUT2D eigenvalue weighted by atomic mass is 32.2. The third-order valence-corrected chi connectivity index (χ3v) is 8.21. The Balaban J connectivity index is 1.56. The van der Waals surface area contributed by atoms with Crippen LogP contribution in [0.15, 0.2) is 65.8 Å².